The Morgan fingerprint density at radius 1 is 1.05 bits per heavy atom. The quantitative estimate of drug-likeness (QED) is 0.922. The van der Waals surface area contributed by atoms with Gasteiger partial charge < -0.3 is 20.1 Å². The molecule has 1 atom stereocenters. The molecule has 0 bridgehead atoms. The van der Waals surface area contributed by atoms with Crippen LogP contribution in [0, 0.1) is 0 Å². The Balaban J connectivity index is 1.76. The molecule has 4 nitrogen and oxygen atoms in total. The van der Waals surface area contributed by atoms with E-state index in [1.807, 2.05) is 20.2 Å². The van der Waals surface area contributed by atoms with Crippen molar-refractivity contribution < 1.29 is 9.47 Å². The average molecular weight is 298 g/mol. The second-order valence-corrected chi connectivity index (χ2v) is 5.81. The highest BCUT2D eigenvalue weighted by Gasteiger charge is 2.16. The van der Waals surface area contributed by atoms with Gasteiger partial charge in [0.2, 0.25) is 6.79 Å². The van der Waals surface area contributed by atoms with Crippen LogP contribution in [0.25, 0.3) is 0 Å². The molecule has 0 radical (unpaired) electrons. The Morgan fingerprint density at radius 2 is 1.77 bits per heavy atom. The fraction of sp³-hybridized carbons (Fsp3) is 0.333. The van der Waals surface area contributed by atoms with Crippen LogP contribution in [0.1, 0.15) is 17.0 Å². The maximum atomic E-state index is 6.00. The Hall–Kier alpha value is -2.20. The molecule has 0 saturated carbocycles. The summed E-state index contributed by atoms with van der Waals surface area (Å²) in [6.07, 6.45) is 0.897. The minimum Gasteiger partial charge on any atom is -0.454 e. The Morgan fingerprint density at radius 3 is 2.45 bits per heavy atom. The van der Waals surface area contributed by atoms with Crippen molar-refractivity contribution in [2.75, 3.05) is 32.3 Å². The van der Waals surface area contributed by atoms with Crippen molar-refractivity contribution in [2.24, 2.45) is 5.73 Å². The van der Waals surface area contributed by atoms with Gasteiger partial charge in [0.15, 0.2) is 11.5 Å². The lowest BCUT2D eigenvalue weighted by atomic mass is 9.92. The van der Waals surface area contributed by atoms with Gasteiger partial charge in [0, 0.05) is 25.7 Å². The molecular formula is C18H22N2O2. The first-order valence-corrected chi connectivity index (χ1v) is 7.53. The van der Waals surface area contributed by atoms with E-state index >= 15 is 0 Å². The molecule has 1 unspecified atom stereocenters. The predicted molar refractivity (Wildman–Crippen MR) is 88.8 cm³/mol. The molecule has 1 aliphatic heterocycles. The maximum absolute atomic E-state index is 6.00. The van der Waals surface area contributed by atoms with E-state index in [-0.39, 0.29) is 0 Å². The zero-order valence-corrected chi connectivity index (χ0v) is 13.1. The molecule has 2 aromatic rings. The number of benzene rings is 2. The monoisotopic (exact) mass is 298 g/mol. The summed E-state index contributed by atoms with van der Waals surface area (Å²) in [5, 5.41) is 0. The van der Waals surface area contributed by atoms with Gasteiger partial charge in [-0.15, -0.1) is 0 Å². The SMILES string of the molecule is CN(C)c1ccc(C(CN)Cc2ccc3c(c2)OCO3)cc1. The van der Waals surface area contributed by atoms with Crippen LogP contribution in [-0.4, -0.2) is 27.4 Å². The standard InChI is InChI=1S/C18H22N2O2/c1-20(2)16-6-4-14(5-7-16)15(11-19)9-13-3-8-17-18(10-13)22-12-21-17/h3-8,10,15H,9,11-12,19H2,1-2H3. The first-order chi connectivity index (χ1) is 10.7. The van der Waals surface area contributed by atoms with Gasteiger partial charge in [-0.25, -0.2) is 0 Å². The fourth-order valence-corrected chi connectivity index (χ4v) is 2.73. The van der Waals surface area contributed by atoms with Gasteiger partial charge in [0.25, 0.3) is 0 Å². The largest absolute Gasteiger partial charge is 0.454 e. The van der Waals surface area contributed by atoms with Crippen LogP contribution in [0.15, 0.2) is 42.5 Å². The van der Waals surface area contributed by atoms with E-state index in [2.05, 4.69) is 41.3 Å². The molecule has 116 valence electrons. The lowest BCUT2D eigenvalue weighted by molar-refractivity contribution is 0.174. The van der Waals surface area contributed by atoms with E-state index in [1.165, 1.54) is 16.8 Å². The van der Waals surface area contributed by atoms with Crippen molar-refractivity contribution in [3.05, 3.63) is 53.6 Å². The van der Waals surface area contributed by atoms with E-state index in [1.54, 1.807) is 0 Å². The molecule has 0 aliphatic carbocycles. The first kappa shape index (κ1) is 14.7. The Kier molecular flexibility index (Phi) is 4.20. The summed E-state index contributed by atoms with van der Waals surface area (Å²) in [7, 11) is 4.09. The highest BCUT2D eigenvalue weighted by atomic mass is 16.7. The number of fused-ring (bicyclic) bond motifs is 1. The topological polar surface area (TPSA) is 47.7 Å². The molecule has 0 amide bonds. The van der Waals surface area contributed by atoms with Gasteiger partial charge in [-0.1, -0.05) is 18.2 Å². The van der Waals surface area contributed by atoms with Gasteiger partial charge in [-0.05, 0) is 48.4 Å². The highest BCUT2D eigenvalue weighted by Crippen LogP contribution is 2.34. The predicted octanol–water partition coefficient (Wildman–Crippen LogP) is 2.77. The number of hydrogen-bond donors (Lipinski definition) is 1. The molecule has 1 aliphatic rings. The molecule has 0 saturated heterocycles. The first-order valence-electron chi connectivity index (χ1n) is 7.53. The third kappa shape index (κ3) is 3.02. The van der Waals surface area contributed by atoms with Gasteiger partial charge in [0.05, 0.1) is 0 Å². The molecule has 0 fully saturated rings. The molecule has 0 aromatic heterocycles. The van der Waals surface area contributed by atoms with Gasteiger partial charge >= 0.3 is 0 Å². The van der Waals surface area contributed by atoms with Crippen molar-refractivity contribution in [1.82, 2.24) is 0 Å². The fourth-order valence-electron chi connectivity index (χ4n) is 2.73. The van der Waals surface area contributed by atoms with Crippen molar-refractivity contribution in [3.63, 3.8) is 0 Å². The molecule has 22 heavy (non-hydrogen) atoms. The second kappa shape index (κ2) is 6.28. The smallest absolute Gasteiger partial charge is 0.231 e. The maximum Gasteiger partial charge on any atom is 0.231 e. The summed E-state index contributed by atoms with van der Waals surface area (Å²) >= 11 is 0. The minimum absolute atomic E-state index is 0.302. The molecule has 2 N–H and O–H groups in total. The van der Waals surface area contributed by atoms with Crippen LogP contribution in [0.5, 0.6) is 11.5 Å². The normalized spacial score (nSPS) is 14.0. The summed E-state index contributed by atoms with van der Waals surface area (Å²) in [6.45, 7) is 0.931. The lowest BCUT2D eigenvalue weighted by Crippen LogP contribution is -2.15. The number of ether oxygens (including phenoxy) is 2. The molecule has 3 rings (SSSR count). The number of hydrogen-bond acceptors (Lipinski definition) is 4. The molecular weight excluding hydrogens is 276 g/mol. The van der Waals surface area contributed by atoms with E-state index in [0.717, 1.165) is 17.9 Å². The zero-order valence-electron chi connectivity index (χ0n) is 13.1. The van der Waals surface area contributed by atoms with Gasteiger partial charge in [-0.2, -0.15) is 0 Å². The summed E-state index contributed by atoms with van der Waals surface area (Å²) in [6, 6.07) is 14.7. The number of anilines is 1. The number of nitrogens with zero attached hydrogens (tertiary/aromatic N) is 1. The van der Waals surface area contributed by atoms with Crippen LogP contribution >= 0.6 is 0 Å². The second-order valence-electron chi connectivity index (χ2n) is 5.81. The van der Waals surface area contributed by atoms with Crippen molar-refractivity contribution in [2.45, 2.75) is 12.3 Å². The Bertz CT molecular complexity index is 638. The summed E-state index contributed by atoms with van der Waals surface area (Å²) in [5.41, 5.74) is 9.68. The molecule has 0 spiro atoms. The van der Waals surface area contributed by atoms with Crippen LogP contribution in [0.3, 0.4) is 0 Å². The lowest BCUT2D eigenvalue weighted by Gasteiger charge is -2.18. The summed E-state index contributed by atoms with van der Waals surface area (Å²) < 4.78 is 10.8. The third-order valence-electron chi connectivity index (χ3n) is 4.08. The van der Waals surface area contributed by atoms with E-state index in [4.69, 9.17) is 15.2 Å². The molecule has 4 heteroatoms. The summed E-state index contributed by atoms with van der Waals surface area (Å²) in [5.74, 6) is 1.95. The molecule has 1 heterocycles. The number of rotatable bonds is 5. The van der Waals surface area contributed by atoms with Crippen LogP contribution in [-0.2, 0) is 6.42 Å². The van der Waals surface area contributed by atoms with Gasteiger partial charge in [0.1, 0.15) is 0 Å². The number of nitrogens with two attached hydrogens (primary N) is 1. The molecule has 2 aromatic carbocycles. The van der Waals surface area contributed by atoms with Crippen LogP contribution in [0.2, 0.25) is 0 Å². The van der Waals surface area contributed by atoms with Crippen LogP contribution in [0.4, 0.5) is 5.69 Å². The van der Waals surface area contributed by atoms with E-state index < -0.39 is 0 Å². The van der Waals surface area contributed by atoms with Crippen molar-refractivity contribution in [1.29, 1.82) is 0 Å². The average Bonchev–Trinajstić information content (AvgIpc) is 3.00. The highest BCUT2D eigenvalue weighted by molar-refractivity contribution is 5.47. The van der Waals surface area contributed by atoms with Crippen molar-refractivity contribution in [3.8, 4) is 11.5 Å². The van der Waals surface area contributed by atoms with E-state index in [0.29, 0.717) is 19.3 Å². The third-order valence-corrected chi connectivity index (χ3v) is 4.08. The van der Waals surface area contributed by atoms with Gasteiger partial charge in [-0.3, -0.25) is 0 Å². The van der Waals surface area contributed by atoms with Crippen LogP contribution < -0.4 is 20.1 Å². The van der Waals surface area contributed by atoms with Crippen molar-refractivity contribution >= 4 is 5.69 Å². The Labute approximate surface area is 131 Å². The minimum atomic E-state index is 0.302. The van der Waals surface area contributed by atoms with E-state index in [9.17, 15) is 0 Å². The zero-order chi connectivity index (χ0) is 15.5. The summed E-state index contributed by atoms with van der Waals surface area (Å²) in [4.78, 5) is 2.10.